The first-order chi connectivity index (χ1) is 9.47. The van der Waals surface area contributed by atoms with E-state index in [9.17, 15) is 9.18 Å². The molecule has 0 saturated heterocycles. The van der Waals surface area contributed by atoms with Crippen LogP contribution in [-0.2, 0) is 5.75 Å². The van der Waals surface area contributed by atoms with E-state index < -0.39 is 5.97 Å². The lowest BCUT2D eigenvalue weighted by molar-refractivity contribution is 0.0695. The number of rotatable bonds is 4. The average molecular weight is 420 g/mol. The second-order valence-corrected chi connectivity index (χ2v) is 6.79. The molecule has 0 heterocycles. The number of halogens is 3. The molecule has 0 fully saturated rings. The van der Waals surface area contributed by atoms with Gasteiger partial charge in [0.25, 0.3) is 0 Å². The Morgan fingerprint density at radius 3 is 2.65 bits per heavy atom. The molecule has 2 aromatic carbocycles. The highest BCUT2D eigenvalue weighted by atomic mass is 79.9. The molecule has 0 spiro atoms. The molecular formula is C14H9Br2FO2S. The van der Waals surface area contributed by atoms with Crippen molar-refractivity contribution in [2.45, 2.75) is 10.6 Å². The highest BCUT2D eigenvalue weighted by Gasteiger charge is 2.10. The van der Waals surface area contributed by atoms with Gasteiger partial charge in [0.05, 0.1) is 5.56 Å². The maximum Gasteiger partial charge on any atom is 0.336 e. The van der Waals surface area contributed by atoms with Crippen molar-refractivity contribution >= 4 is 49.6 Å². The van der Waals surface area contributed by atoms with Crippen molar-refractivity contribution in [1.29, 1.82) is 0 Å². The molecule has 0 amide bonds. The molecule has 104 valence electrons. The molecule has 2 rings (SSSR count). The predicted octanol–water partition coefficient (Wildman–Crippen LogP) is 5.34. The fraction of sp³-hybridized carbons (Fsp3) is 0.0714. The predicted molar refractivity (Wildman–Crippen MR) is 84.8 cm³/mol. The first kappa shape index (κ1) is 15.5. The van der Waals surface area contributed by atoms with Crippen molar-refractivity contribution in [2.75, 3.05) is 0 Å². The molecule has 6 heteroatoms. The summed E-state index contributed by atoms with van der Waals surface area (Å²) >= 11 is 7.89. The first-order valence-corrected chi connectivity index (χ1v) is 8.14. The van der Waals surface area contributed by atoms with E-state index in [4.69, 9.17) is 5.11 Å². The minimum absolute atomic E-state index is 0.199. The second kappa shape index (κ2) is 6.74. The molecule has 20 heavy (non-hydrogen) atoms. The van der Waals surface area contributed by atoms with Crippen molar-refractivity contribution in [3.05, 3.63) is 62.3 Å². The van der Waals surface area contributed by atoms with E-state index in [1.807, 2.05) is 0 Å². The van der Waals surface area contributed by atoms with E-state index in [2.05, 4.69) is 31.9 Å². The maximum atomic E-state index is 13.6. The van der Waals surface area contributed by atoms with Crippen molar-refractivity contribution in [3.8, 4) is 0 Å². The number of carboxylic acid groups (broad SMARTS) is 1. The minimum Gasteiger partial charge on any atom is -0.478 e. The lowest BCUT2D eigenvalue weighted by Crippen LogP contribution is -1.97. The number of hydrogen-bond donors (Lipinski definition) is 1. The quantitative estimate of drug-likeness (QED) is 0.679. The molecule has 0 unspecified atom stereocenters. The average Bonchev–Trinajstić information content (AvgIpc) is 2.41. The Labute approximate surface area is 136 Å². The summed E-state index contributed by atoms with van der Waals surface area (Å²) < 4.78 is 15.0. The number of hydrogen-bond acceptors (Lipinski definition) is 2. The van der Waals surface area contributed by atoms with Crippen LogP contribution in [0.25, 0.3) is 0 Å². The molecule has 0 atom stereocenters. The zero-order chi connectivity index (χ0) is 14.7. The van der Waals surface area contributed by atoms with Crippen molar-refractivity contribution < 1.29 is 14.3 Å². The zero-order valence-corrected chi connectivity index (χ0v) is 14.1. The third-order valence-corrected chi connectivity index (χ3v) is 4.80. The lowest BCUT2D eigenvalue weighted by atomic mass is 10.2. The van der Waals surface area contributed by atoms with E-state index >= 15 is 0 Å². The van der Waals surface area contributed by atoms with Crippen LogP contribution < -0.4 is 0 Å². The van der Waals surface area contributed by atoms with Crippen molar-refractivity contribution in [1.82, 2.24) is 0 Å². The van der Waals surface area contributed by atoms with Gasteiger partial charge in [-0.05, 0) is 57.9 Å². The molecule has 0 saturated carbocycles. The number of thioether (sulfide) groups is 1. The van der Waals surface area contributed by atoms with Crippen LogP contribution in [0.3, 0.4) is 0 Å². The summed E-state index contributed by atoms with van der Waals surface area (Å²) in [7, 11) is 0. The molecule has 0 aliphatic rings. The van der Waals surface area contributed by atoms with Gasteiger partial charge in [-0.1, -0.05) is 15.9 Å². The Kier molecular flexibility index (Phi) is 5.23. The summed E-state index contributed by atoms with van der Waals surface area (Å²) in [6.45, 7) is 0. The summed E-state index contributed by atoms with van der Waals surface area (Å²) in [6, 6.07) is 9.84. The normalized spacial score (nSPS) is 10.6. The molecule has 1 N–H and O–H groups in total. The standard InChI is InChI=1S/C14H9Br2FO2S/c15-9-1-4-13(17)8(5-9)7-20-10-2-3-12(16)11(6-10)14(18)19/h1-6H,7H2,(H,18,19). The van der Waals surface area contributed by atoms with Gasteiger partial charge in [-0.15, -0.1) is 11.8 Å². The van der Waals surface area contributed by atoms with Crippen LogP contribution in [0.1, 0.15) is 15.9 Å². The molecule has 0 bridgehead atoms. The van der Waals surface area contributed by atoms with Crippen LogP contribution in [0.15, 0.2) is 50.2 Å². The number of benzene rings is 2. The van der Waals surface area contributed by atoms with Gasteiger partial charge < -0.3 is 5.11 Å². The summed E-state index contributed by atoms with van der Waals surface area (Å²) in [6.07, 6.45) is 0. The number of carboxylic acids is 1. The Balaban J connectivity index is 2.17. The Bertz CT molecular complexity index is 662. The van der Waals surface area contributed by atoms with Gasteiger partial charge in [-0.2, -0.15) is 0 Å². The Morgan fingerprint density at radius 2 is 1.95 bits per heavy atom. The van der Waals surface area contributed by atoms with Crippen LogP contribution in [-0.4, -0.2) is 11.1 Å². The monoisotopic (exact) mass is 418 g/mol. The van der Waals surface area contributed by atoms with Crippen LogP contribution in [0.5, 0.6) is 0 Å². The second-order valence-electron chi connectivity index (χ2n) is 3.97. The molecule has 0 aliphatic carbocycles. The molecule has 0 aromatic heterocycles. The van der Waals surface area contributed by atoms with E-state index in [-0.39, 0.29) is 11.4 Å². The Morgan fingerprint density at radius 1 is 1.20 bits per heavy atom. The minimum atomic E-state index is -0.993. The Hall–Kier alpha value is -0.850. The SMILES string of the molecule is O=C(O)c1cc(SCc2cc(Br)ccc2F)ccc1Br. The van der Waals surface area contributed by atoms with E-state index in [1.165, 1.54) is 17.8 Å². The smallest absolute Gasteiger partial charge is 0.336 e. The number of aromatic carboxylic acids is 1. The fourth-order valence-electron chi connectivity index (χ4n) is 1.57. The first-order valence-electron chi connectivity index (χ1n) is 5.57. The summed E-state index contributed by atoms with van der Waals surface area (Å²) in [5, 5.41) is 9.05. The van der Waals surface area contributed by atoms with E-state index in [0.29, 0.717) is 15.8 Å². The van der Waals surface area contributed by atoms with Gasteiger partial charge in [0.1, 0.15) is 5.82 Å². The van der Waals surface area contributed by atoms with Crippen LogP contribution in [0.2, 0.25) is 0 Å². The van der Waals surface area contributed by atoms with Gasteiger partial charge >= 0.3 is 5.97 Å². The summed E-state index contributed by atoms with van der Waals surface area (Å²) in [5.41, 5.74) is 0.772. The topological polar surface area (TPSA) is 37.3 Å². The van der Waals surface area contributed by atoms with E-state index in [1.54, 1.807) is 30.3 Å². The third kappa shape index (κ3) is 3.84. The third-order valence-electron chi connectivity index (χ3n) is 2.57. The highest BCUT2D eigenvalue weighted by Crippen LogP contribution is 2.29. The van der Waals surface area contributed by atoms with Gasteiger partial charge in [-0.25, -0.2) is 9.18 Å². The van der Waals surface area contributed by atoms with Crippen molar-refractivity contribution in [3.63, 3.8) is 0 Å². The van der Waals surface area contributed by atoms with Gasteiger partial charge in [-0.3, -0.25) is 0 Å². The zero-order valence-electron chi connectivity index (χ0n) is 10.1. The van der Waals surface area contributed by atoms with Crippen molar-refractivity contribution in [2.24, 2.45) is 0 Å². The molecular weight excluding hydrogens is 411 g/mol. The maximum absolute atomic E-state index is 13.6. The summed E-state index contributed by atoms with van der Waals surface area (Å²) in [4.78, 5) is 11.8. The number of carbonyl (C=O) groups is 1. The van der Waals surface area contributed by atoms with Crippen LogP contribution >= 0.6 is 43.6 Å². The van der Waals surface area contributed by atoms with Crippen LogP contribution in [0.4, 0.5) is 4.39 Å². The van der Waals surface area contributed by atoms with E-state index in [0.717, 1.165) is 9.37 Å². The van der Waals surface area contributed by atoms with Gasteiger partial charge in [0.2, 0.25) is 0 Å². The molecule has 2 nitrogen and oxygen atoms in total. The van der Waals surface area contributed by atoms with Crippen LogP contribution in [0, 0.1) is 5.82 Å². The van der Waals surface area contributed by atoms with Gasteiger partial charge in [0.15, 0.2) is 0 Å². The summed E-state index contributed by atoms with van der Waals surface area (Å²) in [5.74, 6) is -0.823. The molecule has 0 aliphatic heterocycles. The molecule has 0 radical (unpaired) electrons. The highest BCUT2D eigenvalue weighted by molar-refractivity contribution is 9.10. The fourth-order valence-corrected chi connectivity index (χ4v) is 3.31. The lowest BCUT2D eigenvalue weighted by Gasteiger charge is -2.06. The largest absolute Gasteiger partial charge is 0.478 e. The molecule has 2 aromatic rings. The van der Waals surface area contributed by atoms with Gasteiger partial charge in [0, 0.05) is 19.6 Å².